The number of hydrogen-bond acceptors (Lipinski definition) is 3. The average Bonchev–Trinajstić information content (AvgIpc) is 3.53. The van der Waals surface area contributed by atoms with Crippen LogP contribution in [0.15, 0.2) is 109 Å². The molecule has 0 fully saturated rings. The van der Waals surface area contributed by atoms with E-state index in [1.165, 1.54) is 50.0 Å². The second kappa shape index (κ2) is 8.80. The Hall–Kier alpha value is -5.48. The van der Waals surface area contributed by atoms with Crippen molar-refractivity contribution < 1.29 is 4.74 Å². The van der Waals surface area contributed by atoms with Crippen molar-refractivity contribution in [3.05, 3.63) is 132 Å². The second-order valence-electron chi connectivity index (χ2n) is 12.9. The molecule has 4 heteroatoms. The summed E-state index contributed by atoms with van der Waals surface area (Å²) in [4.78, 5) is 10.5. The first-order chi connectivity index (χ1) is 22.1. The number of rotatable bonds is 2. The van der Waals surface area contributed by atoms with Gasteiger partial charge in [-0.2, -0.15) is 0 Å². The average molecular weight is 580 g/mol. The number of hydrogen-bond donors (Lipinski definition) is 0. The predicted octanol–water partition coefficient (Wildman–Crippen LogP) is 10.3. The van der Waals surface area contributed by atoms with Crippen molar-refractivity contribution in [2.75, 3.05) is 0 Å². The van der Waals surface area contributed by atoms with E-state index < -0.39 is 0 Å². The number of allylic oxidation sites excluding steroid dienone is 1. The lowest BCUT2D eigenvalue weighted by Gasteiger charge is -2.21. The van der Waals surface area contributed by atoms with Crippen LogP contribution in [0.2, 0.25) is 0 Å². The quantitative estimate of drug-likeness (QED) is 0.205. The Bertz CT molecular complexity index is 2440. The van der Waals surface area contributed by atoms with E-state index in [0.29, 0.717) is 5.95 Å². The van der Waals surface area contributed by atoms with E-state index in [4.69, 9.17) is 14.7 Å². The maximum absolute atomic E-state index is 6.27. The zero-order valence-corrected chi connectivity index (χ0v) is 25.1. The third-order valence-corrected chi connectivity index (χ3v) is 10.1. The van der Waals surface area contributed by atoms with Gasteiger partial charge in [0.1, 0.15) is 11.5 Å². The molecule has 0 saturated carbocycles. The monoisotopic (exact) mass is 579 g/mol. The van der Waals surface area contributed by atoms with Gasteiger partial charge in [0.15, 0.2) is 0 Å². The fourth-order valence-electron chi connectivity index (χ4n) is 7.92. The number of fused-ring (bicyclic) bond motifs is 8. The van der Waals surface area contributed by atoms with E-state index in [-0.39, 0.29) is 5.41 Å². The second-order valence-corrected chi connectivity index (χ2v) is 12.9. The normalized spacial score (nSPS) is 15.0. The molecule has 0 N–H and O–H groups in total. The van der Waals surface area contributed by atoms with Crippen molar-refractivity contribution in [1.29, 1.82) is 0 Å². The standard InChI is InChI=1S/C41H29N3O/c1-41(2)31-13-6-3-10-26(31)30-22-24(19-21-32(30)41)25-18-20-28-27-11-4-7-15-34(27)44(35(28)23-25)40-42-33-14-9-17-37-38(33)39(43-40)29-12-5-8-16-36(29)45-37/h3,5-10,12-23H,4,11H2,1-2H3. The topological polar surface area (TPSA) is 39.9 Å². The first kappa shape index (κ1) is 24.9. The van der Waals surface area contributed by atoms with Gasteiger partial charge in [0, 0.05) is 16.4 Å². The largest absolute Gasteiger partial charge is 0.456 e. The summed E-state index contributed by atoms with van der Waals surface area (Å²) in [5, 5.41) is 2.23. The molecule has 1 aliphatic heterocycles. The highest BCUT2D eigenvalue weighted by molar-refractivity contribution is 6.01. The molecule has 3 heterocycles. The van der Waals surface area contributed by atoms with Crippen molar-refractivity contribution in [3.63, 3.8) is 0 Å². The molecule has 5 aromatic carbocycles. The summed E-state index contributed by atoms with van der Waals surface area (Å²) < 4.78 is 8.55. The number of aromatic nitrogens is 3. The van der Waals surface area contributed by atoms with Crippen LogP contribution in [0.3, 0.4) is 0 Å². The van der Waals surface area contributed by atoms with Gasteiger partial charge in [0.25, 0.3) is 0 Å². The molecule has 0 unspecified atom stereocenters. The maximum atomic E-state index is 6.27. The molecule has 2 aromatic heterocycles. The van der Waals surface area contributed by atoms with E-state index in [9.17, 15) is 0 Å². The molecule has 7 aromatic rings. The molecule has 2 aliphatic carbocycles. The molecule has 214 valence electrons. The van der Waals surface area contributed by atoms with Crippen LogP contribution >= 0.6 is 0 Å². The third kappa shape index (κ3) is 3.37. The Labute approximate surface area is 261 Å². The first-order valence-electron chi connectivity index (χ1n) is 15.7. The fourth-order valence-corrected chi connectivity index (χ4v) is 7.92. The number of benzene rings is 5. The molecule has 0 amide bonds. The van der Waals surface area contributed by atoms with Crippen LogP contribution in [0.25, 0.3) is 67.3 Å². The Balaban J connectivity index is 1.21. The SMILES string of the molecule is CC1(C)c2ccccc2-c2cc(-c3ccc4c5c(n(-c6nc7c8c(cccc8n6)Oc6ccccc6-7)c4c3)C=CCC5)ccc21. The number of nitrogens with zero attached hydrogens (tertiary/aromatic N) is 3. The van der Waals surface area contributed by atoms with Crippen LogP contribution in [-0.2, 0) is 11.8 Å². The maximum Gasteiger partial charge on any atom is 0.235 e. The van der Waals surface area contributed by atoms with Crippen molar-refractivity contribution in [2.45, 2.75) is 32.1 Å². The van der Waals surface area contributed by atoms with Crippen LogP contribution in [0, 0.1) is 0 Å². The van der Waals surface area contributed by atoms with Crippen molar-refractivity contribution >= 4 is 27.9 Å². The summed E-state index contributed by atoms with van der Waals surface area (Å²) in [5.41, 5.74) is 14.3. The minimum absolute atomic E-state index is 0.00820. The Kier molecular flexibility index (Phi) is 4.87. The summed E-state index contributed by atoms with van der Waals surface area (Å²) >= 11 is 0. The van der Waals surface area contributed by atoms with Gasteiger partial charge in [-0.05, 0) is 94.3 Å². The third-order valence-electron chi connectivity index (χ3n) is 10.1. The van der Waals surface area contributed by atoms with Gasteiger partial charge in [0.05, 0.1) is 27.8 Å². The van der Waals surface area contributed by atoms with Gasteiger partial charge >= 0.3 is 0 Å². The summed E-state index contributed by atoms with van der Waals surface area (Å²) in [5.74, 6) is 2.31. The summed E-state index contributed by atoms with van der Waals surface area (Å²) in [7, 11) is 0. The lowest BCUT2D eigenvalue weighted by atomic mass is 9.82. The van der Waals surface area contributed by atoms with Gasteiger partial charge < -0.3 is 4.74 Å². The van der Waals surface area contributed by atoms with E-state index >= 15 is 0 Å². The van der Waals surface area contributed by atoms with E-state index in [0.717, 1.165) is 52.0 Å². The summed E-state index contributed by atoms with van der Waals surface area (Å²) in [6, 6.07) is 37.0. The Morgan fingerprint density at radius 1 is 0.711 bits per heavy atom. The molecule has 45 heavy (non-hydrogen) atoms. The molecule has 4 nitrogen and oxygen atoms in total. The van der Waals surface area contributed by atoms with Crippen LogP contribution in [0.1, 0.15) is 42.7 Å². The lowest BCUT2D eigenvalue weighted by Crippen LogP contribution is -2.14. The molecule has 0 bridgehead atoms. The number of aryl methyl sites for hydroxylation is 1. The van der Waals surface area contributed by atoms with Crippen molar-refractivity contribution in [1.82, 2.24) is 14.5 Å². The highest BCUT2D eigenvalue weighted by Gasteiger charge is 2.35. The van der Waals surface area contributed by atoms with Crippen LogP contribution in [0.5, 0.6) is 11.5 Å². The minimum atomic E-state index is -0.00820. The highest BCUT2D eigenvalue weighted by Crippen LogP contribution is 2.50. The molecule has 10 rings (SSSR count). The molecule has 0 spiro atoms. The molecule has 0 radical (unpaired) electrons. The van der Waals surface area contributed by atoms with Gasteiger partial charge in [-0.15, -0.1) is 0 Å². The smallest absolute Gasteiger partial charge is 0.235 e. The minimum Gasteiger partial charge on any atom is -0.456 e. The van der Waals surface area contributed by atoms with Crippen molar-refractivity contribution in [2.24, 2.45) is 0 Å². The zero-order valence-electron chi connectivity index (χ0n) is 25.1. The fraction of sp³-hybridized carbons (Fsp3) is 0.122. The molecular weight excluding hydrogens is 550 g/mol. The van der Waals surface area contributed by atoms with E-state index in [2.05, 4.69) is 103 Å². The summed E-state index contributed by atoms with van der Waals surface area (Å²) in [6.07, 6.45) is 6.55. The molecule has 0 saturated heterocycles. The predicted molar refractivity (Wildman–Crippen MR) is 182 cm³/mol. The Morgan fingerprint density at radius 3 is 2.42 bits per heavy atom. The van der Waals surface area contributed by atoms with Crippen LogP contribution in [-0.4, -0.2) is 14.5 Å². The van der Waals surface area contributed by atoms with Crippen molar-refractivity contribution in [3.8, 4) is 51.0 Å². The highest BCUT2D eigenvalue weighted by atomic mass is 16.5. The van der Waals surface area contributed by atoms with Gasteiger partial charge in [-0.1, -0.05) is 86.7 Å². The van der Waals surface area contributed by atoms with Crippen LogP contribution < -0.4 is 4.74 Å². The van der Waals surface area contributed by atoms with Gasteiger partial charge in [0.2, 0.25) is 5.95 Å². The van der Waals surface area contributed by atoms with Gasteiger partial charge in [-0.3, -0.25) is 4.57 Å². The Morgan fingerprint density at radius 2 is 1.49 bits per heavy atom. The zero-order chi connectivity index (χ0) is 29.9. The van der Waals surface area contributed by atoms with E-state index in [1.54, 1.807) is 0 Å². The summed E-state index contributed by atoms with van der Waals surface area (Å²) in [6.45, 7) is 4.66. The first-order valence-corrected chi connectivity index (χ1v) is 15.7. The molecule has 3 aliphatic rings. The lowest BCUT2D eigenvalue weighted by molar-refractivity contribution is 0.486. The van der Waals surface area contributed by atoms with E-state index in [1.807, 2.05) is 30.3 Å². The number of ether oxygens (including phenoxy) is 1. The number of para-hydroxylation sites is 1. The van der Waals surface area contributed by atoms with Gasteiger partial charge in [-0.25, -0.2) is 9.97 Å². The van der Waals surface area contributed by atoms with Crippen LogP contribution in [0.4, 0.5) is 0 Å². The molecule has 0 atom stereocenters. The molecular formula is C41H29N3O.